The van der Waals surface area contributed by atoms with Gasteiger partial charge < -0.3 is 9.47 Å². The number of hydrogen-bond donors (Lipinski definition) is 1. The van der Waals surface area contributed by atoms with Gasteiger partial charge in [-0.2, -0.15) is 0 Å². The second-order valence-electron chi connectivity index (χ2n) is 13.7. The molecule has 0 bridgehead atoms. The molecule has 6 aromatic carbocycles. The highest BCUT2D eigenvalue weighted by atomic mass is 15.2. The van der Waals surface area contributed by atoms with Crippen molar-refractivity contribution < 1.29 is 0 Å². The van der Waals surface area contributed by atoms with Crippen LogP contribution in [0.25, 0.3) is 33.1 Å². The van der Waals surface area contributed by atoms with Crippen molar-refractivity contribution >= 4 is 44.5 Å². The summed E-state index contributed by atoms with van der Waals surface area (Å²) in [6.45, 7) is 0. The van der Waals surface area contributed by atoms with Gasteiger partial charge >= 0.3 is 0 Å². The van der Waals surface area contributed by atoms with Crippen molar-refractivity contribution in [3.8, 4) is 0 Å². The van der Waals surface area contributed by atoms with Crippen molar-refractivity contribution in [1.29, 1.82) is 0 Å². The second kappa shape index (κ2) is 11.9. The number of aromatic nitrogens is 1. The molecule has 0 saturated heterocycles. The average Bonchev–Trinajstić information content (AvgIpc) is 3.71. The fourth-order valence-electron chi connectivity index (χ4n) is 8.59. The molecule has 3 unspecified atom stereocenters. The molecule has 50 heavy (non-hydrogen) atoms. The van der Waals surface area contributed by atoms with Gasteiger partial charge in [-0.05, 0) is 82.8 Å². The maximum atomic E-state index is 3.96. The molecule has 3 atom stereocenters. The lowest BCUT2D eigenvalue weighted by molar-refractivity contribution is 0.477. The minimum atomic E-state index is 0.110. The highest BCUT2D eigenvalue weighted by molar-refractivity contribution is 6.11. The van der Waals surface area contributed by atoms with Gasteiger partial charge in [-0.15, -0.1) is 0 Å². The van der Waals surface area contributed by atoms with E-state index < -0.39 is 0 Å². The smallest absolute Gasteiger partial charge is 0.0538 e. The van der Waals surface area contributed by atoms with E-state index in [-0.39, 0.29) is 12.1 Å². The van der Waals surface area contributed by atoms with E-state index in [9.17, 15) is 0 Å². The predicted octanol–water partition coefficient (Wildman–Crippen LogP) is 11.7. The average molecular weight is 644 g/mol. The molecule has 3 nitrogen and oxygen atoms in total. The van der Waals surface area contributed by atoms with Crippen LogP contribution in [0.2, 0.25) is 0 Å². The lowest BCUT2D eigenvalue weighted by atomic mass is 9.84. The lowest BCUT2D eigenvalue weighted by Crippen LogP contribution is -2.30. The minimum Gasteiger partial charge on any atom is -0.313 e. The first kappa shape index (κ1) is 29.1. The Kier molecular flexibility index (Phi) is 6.92. The van der Waals surface area contributed by atoms with E-state index in [0.29, 0.717) is 5.92 Å². The quantitative estimate of drug-likeness (QED) is 0.201. The predicted molar refractivity (Wildman–Crippen MR) is 208 cm³/mol. The van der Waals surface area contributed by atoms with Crippen LogP contribution in [0.3, 0.4) is 0 Å². The van der Waals surface area contributed by atoms with Crippen molar-refractivity contribution in [2.75, 3.05) is 4.90 Å². The molecule has 0 radical (unpaired) electrons. The summed E-state index contributed by atoms with van der Waals surface area (Å²) in [5, 5.41) is 6.56. The Bertz CT molecular complexity index is 2470. The summed E-state index contributed by atoms with van der Waals surface area (Å²) >= 11 is 0. The number of hydrogen-bond acceptors (Lipinski definition) is 2. The number of rotatable bonds is 5. The number of nitrogens with one attached hydrogen (secondary N) is 1. The molecular formula is C47H37N3. The van der Waals surface area contributed by atoms with Crippen LogP contribution in [0, 0.1) is 0 Å². The van der Waals surface area contributed by atoms with Crippen LogP contribution in [0.1, 0.15) is 53.1 Å². The summed E-state index contributed by atoms with van der Waals surface area (Å²) < 4.78 is 2.53. The maximum absolute atomic E-state index is 3.96. The summed E-state index contributed by atoms with van der Waals surface area (Å²) in [6, 6.07) is 57.8. The Labute approximate surface area is 293 Å². The van der Waals surface area contributed by atoms with Crippen LogP contribution in [0.15, 0.2) is 182 Å². The molecule has 3 aliphatic rings. The fourth-order valence-corrected chi connectivity index (χ4v) is 8.59. The molecule has 0 fully saturated rings. The molecule has 1 N–H and O–H groups in total. The van der Waals surface area contributed by atoms with Crippen molar-refractivity contribution in [2.45, 2.75) is 30.8 Å². The van der Waals surface area contributed by atoms with E-state index in [0.717, 1.165) is 12.8 Å². The number of benzene rings is 6. The molecule has 0 amide bonds. The zero-order valence-electron chi connectivity index (χ0n) is 27.8. The Balaban J connectivity index is 1.08. The monoisotopic (exact) mass is 643 g/mol. The van der Waals surface area contributed by atoms with Crippen molar-refractivity contribution in [2.24, 2.45) is 0 Å². The Hall–Kier alpha value is -5.90. The van der Waals surface area contributed by atoms with Crippen molar-refractivity contribution in [3.05, 3.63) is 204 Å². The first-order valence-electron chi connectivity index (χ1n) is 17.8. The van der Waals surface area contributed by atoms with E-state index >= 15 is 0 Å². The van der Waals surface area contributed by atoms with Gasteiger partial charge in [0.25, 0.3) is 0 Å². The van der Waals surface area contributed by atoms with Gasteiger partial charge in [-0.3, -0.25) is 5.32 Å². The first-order valence-corrected chi connectivity index (χ1v) is 17.8. The largest absolute Gasteiger partial charge is 0.313 e. The van der Waals surface area contributed by atoms with Crippen LogP contribution < -0.4 is 10.2 Å². The standard InChI is InChI=1S/C47H37N3/c1-4-14-32(15-5-1)42-30-37(31-43(48-42)33-16-6-2-7-17-33)50-45-23-13-11-21-39(45)41-29-35(25-27-47(41)50)34-24-26-46-40(28-34)38-20-10-12-22-44(38)49(46)36-18-8-3-9-19-36/h1-27,29-30,40,42-43,48H,28,31H2. The SMILES string of the molecule is C1=C(c2ccc3c(c2)c2ccccc2n3C2=CC(c3ccccc3)NC(c3ccccc3)C2)CC2C(=C1)N(c1ccccc1)c1ccccc12. The summed E-state index contributed by atoms with van der Waals surface area (Å²) in [4.78, 5) is 2.45. The van der Waals surface area contributed by atoms with Crippen LogP contribution in [-0.2, 0) is 0 Å². The lowest BCUT2D eigenvalue weighted by Gasteiger charge is -2.32. The molecule has 240 valence electrons. The fraction of sp³-hybridized carbons (Fsp3) is 0.106. The molecular weight excluding hydrogens is 607 g/mol. The summed E-state index contributed by atoms with van der Waals surface area (Å²) in [5.41, 5.74) is 14.4. The normalized spacial score (nSPS) is 19.9. The number of allylic oxidation sites excluding steroid dienone is 4. The zero-order valence-corrected chi connectivity index (χ0v) is 27.8. The van der Waals surface area contributed by atoms with Gasteiger partial charge in [-0.25, -0.2) is 0 Å². The van der Waals surface area contributed by atoms with E-state index in [2.05, 4.69) is 191 Å². The molecule has 3 heteroatoms. The summed E-state index contributed by atoms with van der Waals surface area (Å²) in [5.74, 6) is 0.327. The molecule has 0 saturated carbocycles. The number of fused-ring (bicyclic) bond motifs is 6. The second-order valence-corrected chi connectivity index (χ2v) is 13.7. The van der Waals surface area contributed by atoms with E-state index in [1.54, 1.807) is 0 Å². The summed E-state index contributed by atoms with van der Waals surface area (Å²) in [7, 11) is 0. The Morgan fingerprint density at radius 2 is 1.24 bits per heavy atom. The van der Waals surface area contributed by atoms with Crippen LogP contribution >= 0.6 is 0 Å². The van der Waals surface area contributed by atoms with E-state index in [1.807, 2.05) is 0 Å². The van der Waals surface area contributed by atoms with Gasteiger partial charge in [0.1, 0.15) is 0 Å². The molecule has 7 aromatic rings. The van der Waals surface area contributed by atoms with E-state index in [4.69, 9.17) is 0 Å². The number of anilines is 2. The first-order chi connectivity index (χ1) is 24.8. The Morgan fingerprint density at radius 3 is 2.06 bits per heavy atom. The zero-order chi connectivity index (χ0) is 33.0. The van der Waals surface area contributed by atoms with Gasteiger partial charge in [0.2, 0.25) is 0 Å². The highest BCUT2D eigenvalue weighted by Gasteiger charge is 2.36. The van der Waals surface area contributed by atoms with E-state index in [1.165, 1.54) is 72.4 Å². The number of nitrogens with zero attached hydrogens (tertiary/aromatic N) is 2. The molecule has 10 rings (SSSR count). The van der Waals surface area contributed by atoms with Crippen molar-refractivity contribution in [3.63, 3.8) is 0 Å². The third-order valence-corrected chi connectivity index (χ3v) is 10.9. The maximum Gasteiger partial charge on any atom is 0.0538 e. The van der Waals surface area contributed by atoms with Gasteiger partial charge in [-0.1, -0.05) is 127 Å². The van der Waals surface area contributed by atoms with Crippen LogP contribution in [0.4, 0.5) is 11.4 Å². The van der Waals surface area contributed by atoms with Crippen LogP contribution in [0.5, 0.6) is 0 Å². The van der Waals surface area contributed by atoms with Crippen molar-refractivity contribution in [1.82, 2.24) is 9.88 Å². The number of para-hydroxylation sites is 3. The topological polar surface area (TPSA) is 20.2 Å². The summed E-state index contributed by atoms with van der Waals surface area (Å²) in [6.07, 6.45) is 9.04. The van der Waals surface area contributed by atoms with Gasteiger partial charge in [0, 0.05) is 51.9 Å². The van der Waals surface area contributed by atoms with Crippen LogP contribution in [-0.4, -0.2) is 4.57 Å². The molecule has 3 heterocycles. The molecule has 2 aliphatic heterocycles. The highest BCUT2D eigenvalue weighted by Crippen LogP contribution is 2.52. The minimum absolute atomic E-state index is 0.110. The molecule has 0 spiro atoms. The third-order valence-electron chi connectivity index (χ3n) is 10.9. The Morgan fingerprint density at radius 1 is 0.560 bits per heavy atom. The van der Waals surface area contributed by atoms with Gasteiger partial charge in [0.05, 0.1) is 17.1 Å². The molecule has 1 aromatic heterocycles. The van der Waals surface area contributed by atoms with Gasteiger partial charge in [0.15, 0.2) is 0 Å². The molecule has 1 aliphatic carbocycles. The third kappa shape index (κ3) is 4.77.